The van der Waals surface area contributed by atoms with Crippen molar-refractivity contribution in [1.82, 2.24) is 0 Å². The van der Waals surface area contributed by atoms with Gasteiger partial charge >= 0.3 is 0 Å². The van der Waals surface area contributed by atoms with Gasteiger partial charge in [-0.25, -0.2) is 8.78 Å². The van der Waals surface area contributed by atoms with Crippen LogP contribution in [0.15, 0.2) is 54.1 Å². The number of anilines is 1. The minimum atomic E-state index is -0.661. The molecule has 0 spiro atoms. The summed E-state index contributed by atoms with van der Waals surface area (Å²) in [5.41, 5.74) is 7.91. The van der Waals surface area contributed by atoms with Crippen molar-refractivity contribution < 1.29 is 13.5 Å². The van der Waals surface area contributed by atoms with Gasteiger partial charge in [-0.2, -0.15) is 0 Å². The minimum Gasteiger partial charge on any atom is -0.485 e. The van der Waals surface area contributed by atoms with E-state index in [1.165, 1.54) is 22.8 Å². The van der Waals surface area contributed by atoms with E-state index in [2.05, 4.69) is 57.3 Å². The van der Waals surface area contributed by atoms with Gasteiger partial charge in [0.15, 0.2) is 11.6 Å². The third-order valence-corrected chi connectivity index (χ3v) is 6.58. The van der Waals surface area contributed by atoms with Gasteiger partial charge < -0.3 is 10.1 Å². The Kier molecular flexibility index (Phi) is 4.44. The fourth-order valence-electron chi connectivity index (χ4n) is 5.05. The monoisotopic (exact) mass is 417 g/mol. The standard InChI is InChI=1S/C27H25F2NO/c1-15-7-5-6-8-17(15)11-22-16(2)25-21-14-31-26-20(12-18(28)13-23(26)29)19(21)9-10-24(25)30-27(22,3)4/h5-13,16,30H,14H2,1-4H3. The summed E-state index contributed by atoms with van der Waals surface area (Å²) in [6.07, 6.45) is 2.27. The van der Waals surface area contributed by atoms with Gasteiger partial charge in [0.1, 0.15) is 12.4 Å². The average molecular weight is 417 g/mol. The smallest absolute Gasteiger partial charge is 0.168 e. The van der Waals surface area contributed by atoms with Crippen molar-refractivity contribution in [3.63, 3.8) is 0 Å². The fourth-order valence-corrected chi connectivity index (χ4v) is 5.05. The molecule has 4 heteroatoms. The van der Waals surface area contributed by atoms with Crippen LogP contribution in [0.5, 0.6) is 5.75 Å². The number of nitrogens with one attached hydrogen (secondary N) is 1. The summed E-state index contributed by atoms with van der Waals surface area (Å²) < 4.78 is 34.1. The second-order valence-corrected chi connectivity index (χ2v) is 9.03. The minimum absolute atomic E-state index is 0.115. The molecule has 0 saturated carbocycles. The fraction of sp³-hybridized carbons (Fsp3) is 0.259. The van der Waals surface area contributed by atoms with Gasteiger partial charge in [-0.3, -0.25) is 0 Å². The van der Waals surface area contributed by atoms with Crippen molar-refractivity contribution in [2.24, 2.45) is 0 Å². The first kappa shape index (κ1) is 19.8. The lowest BCUT2D eigenvalue weighted by Gasteiger charge is -2.42. The van der Waals surface area contributed by atoms with Crippen molar-refractivity contribution >= 4 is 11.8 Å². The molecule has 0 fully saturated rings. The highest BCUT2D eigenvalue weighted by molar-refractivity contribution is 5.82. The molecule has 1 atom stereocenters. The quantitative estimate of drug-likeness (QED) is 0.451. The van der Waals surface area contributed by atoms with E-state index in [9.17, 15) is 8.78 Å². The van der Waals surface area contributed by atoms with Crippen molar-refractivity contribution in [2.45, 2.75) is 45.8 Å². The highest BCUT2D eigenvalue weighted by atomic mass is 19.1. The van der Waals surface area contributed by atoms with Crippen LogP contribution in [0.4, 0.5) is 14.5 Å². The molecule has 2 heterocycles. The summed E-state index contributed by atoms with van der Waals surface area (Å²) in [6, 6.07) is 14.5. The van der Waals surface area contributed by atoms with E-state index in [4.69, 9.17) is 4.74 Å². The second kappa shape index (κ2) is 6.94. The van der Waals surface area contributed by atoms with Crippen LogP contribution in [0.2, 0.25) is 0 Å². The van der Waals surface area contributed by atoms with Crippen LogP contribution in [0.3, 0.4) is 0 Å². The maximum absolute atomic E-state index is 14.3. The molecule has 3 aromatic carbocycles. The van der Waals surface area contributed by atoms with Gasteiger partial charge in [0, 0.05) is 28.8 Å². The van der Waals surface area contributed by atoms with Crippen LogP contribution < -0.4 is 10.1 Å². The molecule has 158 valence electrons. The number of rotatable bonds is 1. The summed E-state index contributed by atoms with van der Waals surface area (Å²) in [5.74, 6) is -1.02. The van der Waals surface area contributed by atoms with E-state index in [0.29, 0.717) is 5.56 Å². The van der Waals surface area contributed by atoms with Crippen molar-refractivity contribution in [1.29, 1.82) is 0 Å². The number of aryl methyl sites for hydroxylation is 1. The summed E-state index contributed by atoms with van der Waals surface area (Å²) >= 11 is 0. The third-order valence-electron chi connectivity index (χ3n) is 6.58. The molecule has 2 nitrogen and oxygen atoms in total. The molecule has 2 aliphatic heterocycles. The van der Waals surface area contributed by atoms with Gasteiger partial charge in [-0.15, -0.1) is 0 Å². The van der Waals surface area contributed by atoms with Crippen molar-refractivity contribution in [3.8, 4) is 16.9 Å². The molecule has 31 heavy (non-hydrogen) atoms. The van der Waals surface area contributed by atoms with Crippen molar-refractivity contribution in [3.05, 3.63) is 88.0 Å². The van der Waals surface area contributed by atoms with Crippen LogP contribution in [-0.2, 0) is 6.61 Å². The van der Waals surface area contributed by atoms with E-state index in [1.807, 2.05) is 18.2 Å². The number of benzene rings is 3. The normalized spacial score (nSPS) is 19.7. The molecule has 5 rings (SSSR count). The topological polar surface area (TPSA) is 21.3 Å². The van der Waals surface area contributed by atoms with E-state index in [0.717, 1.165) is 28.4 Å². The Balaban J connectivity index is 1.70. The molecule has 0 saturated heterocycles. The Morgan fingerprint density at radius 2 is 1.84 bits per heavy atom. The molecular formula is C27H25F2NO. The van der Waals surface area contributed by atoms with Crippen LogP contribution in [0.25, 0.3) is 17.2 Å². The highest BCUT2D eigenvalue weighted by Crippen LogP contribution is 2.50. The lowest BCUT2D eigenvalue weighted by atomic mass is 9.73. The van der Waals surface area contributed by atoms with Crippen LogP contribution in [0, 0.1) is 18.6 Å². The highest BCUT2D eigenvalue weighted by Gasteiger charge is 2.37. The molecule has 0 bridgehead atoms. The molecule has 2 aliphatic rings. The first-order chi connectivity index (χ1) is 14.8. The first-order valence-corrected chi connectivity index (χ1v) is 10.6. The van der Waals surface area contributed by atoms with E-state index in [-0.39, 0.29) is 23.8 Å². The Labute approximate surface area is 181 Å². The zero-order valence-corrected chi connectivity index (χ0v) is 18.1. The molecule has 0 radical (unpaired) electrons. The van der Waals surface area contributed by atoms with Gasteiger partial charge in [0.2, 0.25) is 0 Å². The Hall–Kier alpha value is -3.14. The van der Waals surface area contributed by atoms with Gasteiger partial charge in [-0.1, -0.05) is 43.3 Å². The number of hydrogen-bond acceptors (Lipinski definition) is 2. The largest absolute Gasteiger partial charge is 0.485 e. The van der Waals surface area contributed by atoms with Crippen LogP contribution >= 0.6 is 0 Å². The van der Waals surface area contributed by atoms with Crippen LogP contribution in [-0.4, -0.2) is 5.54 Å². The maximum atomic E-state index is 14.3. The Bertz CT molecular complexity index is 1240. The van der Waals surface area contributed by atoms with E-state index in [1.54, 1.807) is 0 Å². The predicted octanol–water partition coefficient (Wildman–Crippen LogP) is 7.22. The maximum Gasteiger partial charge on any atom is 0.168 e. The molecule has 0 aromatic heterocycles. The summed E-state index contributed by atoms with van der Waals surface area (Å²) in [6.45, 7) is 8.95. The second-order valence-electron chi connectivity index (χ2n) is 9.03. The van der Waals surface area contributed by atoms with Gasteiger partial charge in [0.25, 0.3) is 0 Å². The molecule has 1 unspecified atom stereocenters. The molecule has 0 amide bonds. The Morgan fingerprint density at radius 1 is 1.06 bits per heavy atom. The number of halogens is 2. The zero-order chi connectivity index (χ0) is 21.9. The number of hydrogen-bond donors (Lipinski definition) is 1. The Morgan fingerprint density at radius 3 is 2.61 bits per heavy atom. The molecule has 1 N–H and O–H groups in total. The first-order valence-electron chi connectivity index (χ1n) is 10.6. The SMILES string of the molecule is Cc1ccccc1C=C1C(C)c2c(ccc3c2COc2c(F)cc(F)cc2-3)NC1(C)C. The number of ether oxygens (including phenoxy) is 1. The lowest BCUT2D eigenvalue weighted by molar-refractivity contribution is 0.284. The van der Waals surface area contributed by atoms with Gasteiger partial charge in [0.05, 0.1) is 5.54 Å². The van der Waals surface area contributed by atoms with E-state index >= 15 is 0 Å². The van der Waals surface area contributed by atoms with E-state index < -0.39 is 11.6 Å². The van der Waals surface area contributed by atoms with Gasteiger partial charge in [-0.05, 0) is 60.7 Å². The zero-order valence-electron chi connectivity index (χ0n) is 18.1. The average Bonchev–Trinajstić information content (AvgIpc) is 2.71. The molecule has 3 aromatic rings. The number of fused-ring (bicyclic) bond motifs is 5. The summed E-state index contributed by atoms with van der Waals surface area (Å²) in [7, 11) is 0. The lowest BCUT2D eigenvalue weighted by Crippen LogP contribution is -2.40. The summed E-state index contributed by atoms with van der Waals surface area (Å²) in [5, 5.41) is 3.68. The predicted molar refractivity (Wildman–Crippen MR) is 121 cm³/mol. The molecular weight excluding hydrogens is 392 g/mol. The third kappa shape index (κ3) is 3.13. The van der Waals surface area contributed by atoms with Crippen molar-refractivity contribution in [2.75, 3.05) is 5.32 Å². The molecule has 0 aliphatic carbocycles. The van der Waals surface area contributed by atoms with Crippen LogP contribution in [0.1, 0.15) is 48.9 Å². The summed E-state index contributed by atoms with van der Waals surface area (Å²) in [4.78, 5) is 0.